The first-order valence-corrected chi connectivity index (χ1v) is 14.5. The normalized spacial score (nSPS) is 12.9. The van der Waals surface area contributed by atoms with Gasteiger partial charge in [-0.2, -0.15) is 0 Å². The third-order valence-corrected chi connectivity index (χ3v) is 9.41. The molecule has 0 amide bonds. The summed E-state index contributed by atoms with van der Waals surface area (Å²) in [5.41, 5.74) is 21.3. The number of benzene rings is 4. The third-order valence-electron chi connectivity index (χ3n) is 9.03. The maximum atomic E-state index is 5.32. The maximum Gasteiger partial charge on any atom is 0.198 e. The van der Waals surface area contributed by atoms with Gasteiger partial charge in [0, 0.05) is 11.1 Å². The van der Waals surface area contributed by atoms with Crippen molar-refractivity contribution >= 4 is 27.2 Å². The molecule has 4 aromatic carbocycles. The van der Waals surface area contributed by atoms with E-state index in [0.29, 0.717) is 16.0 Å². The SMILES string of the molecule is Cc1cc2c(c(-c3nc4nc(Br)[nH]c4nc3-c3c(C)c(C)cc4c3Cc3ccccc3-4)c1C)Cc1ccccc1-2. The van der Waals surface area contributed by atoms with Crippen LogP contribution in [0.25, 0.3) is 56.1 Å². The Morgan fingerprint density at radius 1 is 0.625 bits per heavy atom. The van der Waals surface area contributed by atoms with E-state index in [1.807, 2.05) is 0 Å². The van der Waals surface area contributed by atoms with Crippen LogP contribution in [0.4, 0.5) is 0 Å². The summed E-state index contributed by atoms with van der Waals surface area (Å²) in [7, 11) is 0. The predicted octanol–water partition coefficient (Wildman–Crippen LogP) is 8.83. The number of hydrogen-bond acceptors (Lipinski definition) is 3. The van der Waals surface area contributed by atoms with Gasteiger partial charge in [0.15, 0.2) is 16.0 Å². The molecule has 0 unspecified atom stereocenters. The van der Waals surface area contributed by atoms with Crippen molar-refractivity contribution in [2.45, 2.75) is 40.5 Å². The predicted molar refractivity (Wildman–Crippen MR) is 166 cm³/mol. The van der Waals surface area contributed by atoms with Gasteiger partial charge in [0.2, 0.25) is 0 Å². The quantitative estimate of drug-likeness (QED) is 0.221. The molecule has 6 aromatic rings. The Labute approximate surface area is 241 Å². The molecule has 5 heteroatoms. The fourth-order valence-electron chi connectivity index (χ4n) is 6.84. The molecule has 2 heterocycles. The summed E-state index contributed by atoms with van der Waals surface area (Å²) in [6, 6.07) is 22.2. The van der Waals surface area contributed by atoms with Crippen molar-refractivity contribution in [3.05, 3.63) is 110 Å². The van der Waals surface area contributed by atoms with Gasteiger partial charge in [0.25, 0.3) is 0 Å². The van der Waals surface area contributed by atoms with Crippen molar-refractivity contribution in [1.29, 1.82) is 0 Å². The van der Waals surface area contributed by atoms with Gasteiger partial charge in [-0.1, -0.05) is 60.7 Å². The van der Waals surface area contributed by atoms with Gasteiger partial charge in [0.1, 0.15) is 0 Å². The largest absolute Gasteiger partial charge is 0.316 e. The Morgan fingerprint density at radius 2 is 1.12 bits per heavy atom. The highest BCUT2D eigenvalue weighted by atomic mass is 79.9. The number of hydrogen-bond donors (Lipinski definition) is 1. The van der Waals surface area contributed by atoms with E-state index in [0.717, 1.165) is 24.2 Å². The molecule has 0 spiro atoms. The maximum absolute atomic E-state index is 5.32. The van der Waals surface area contributed by atoms with Crippen LogP contribution in [0.15, 0.2) is 65.4 Å². The first-order valence-electron chi connectivity index (χ1n) is 13.8. The molecule has 0 atom stereocenters. The van der Waals surface area contributed by atoms with E-state index in [2.05, 4.69) is 114 Å². The molecule has 8 rings (SSSR count). The Morgan fingerprint density at radius 3 is 1.68 bits per heavy atom. The van der Waals surface area contributed by atoms with Crippen LogP contribution in [0, 0.1) is 27.7 Å². The summed E-state index contributed by atoms with van der Waals surface area (Å²) < 4.78 is 0.641. The van der Waals surface area contributed by atoms with Crippen LogP contribution in [-0.4, -0.2) is 19.9 Å². The van der Waals surface area contributed by atoms with Crippen LogP contribution >= 0.6 is 15.9 Å². The zero-order chi connectivity index (χ0) is 27.3. The number of nitrogens with one attached hydrogen (secondary N) is 1. The number of imidazole rings is 1. The van der Waals surface area contributed by atoms with Crippen molar-refractivity contribution in [2.75, 3.05) is 0 Å². The van der Waals surface area contributed by atoms with Crippen LogP contribution < -0.4 is 0 Å². The lowest BCUT2D eigenvalue weighted by Crippen LogP contribution is -2.04. The van der Waals surface area contributed by atoms with Gasteiger partial charge < -0.3 is 4.98 Å². The Bertz CT molecular complexity index is 1920. The lowest BCUT2D eigenvalue weighted by atomic mass is 9.86. The van der Waals surface area contributed by atoms with Gasteiger partial charge in [0.05, 0.1) is 11.4 Å². The van der Waals surface area contributed by atoms with Crippen LogP contribution in [-0.2, 0) is 12.8 Å². The molecular weight excluding hydrogens is 556 g/mol. The number of aryl methyl sites for hydroxylation is 2. The van der Waals surface area contributed by atoms with E-state index in [4.69, 9.17) is 9.97 Å². The monoisotopic (exact) mass is 582 g/mol. The summed E-state index contributed by atoms with van der Waals surface area (Å²) in [4.78, 5) is 18.6. The van der Waals surface area contributed by atoms with Crippen molar-refractivity contribution in [1.82, 2.24) is 19.9 Å². The van der Waals surface area contributed by atoms with Crippen LogP contribution in [0.1, 0.15) is 44.5 Å². The number of H-pyrrole nitrogens is 1. The van der Waals surface area contributed by atoms with Gasteiger partial charge in [-0.05, 0) is 123 Å². The van der Waals surface area contributed by atoms with Crippen molar-refractivity contribution < 1.29 is 0 Å². The Kier molecular flexibility index (Phi) is 5.02. The first-order chi connectivity index (χ1) is 19.4. The fourth-order valence-corrected chi connectivity index (χ4v) is 7.20. The highest BCUT2D eigenvalue weighted by Crippen LogP contribution is 2.49. The van der Waals surface area contributed by atoms with E-state index < -0.39 is 0 Å². The van der Waals surface area contributed by atoms with Crippen molar-refractivity contribution in [3.63, 3.8) is 0 Å². The molecule has 0 fully saturated rings. The molecule has 2 aliphatic rings. The lowest BCUT2D eigenvalue weighted by Gasteiger charge is -2.20. The Balaban J connectivity index is 1.49. The zero-order valence-corrected chi connectivity index (χ0v) is 24.5. The number of fused-ring (bicyclic) bond motifs is 7. The van der Waals surface area contributed by atoms with Gasteiger partial charge in [-0.3, -0.25) is 0 Å². The average molecular weight is 584 g/mol. The zero-order valence-electron chi connectivity index (χ0n) is 22.9. The number of halogens is 1. The molecule has 2 aromatic heterocycles. The average Bonchev–Trinajstić information content (AvgIpc) is 3.61. The molecule has 0 aliphatic heterocycles. The molecule has 0 saturated carbocycles. The number of aromatic nitrogens is 4. The smallest absolute Gasteiger partial charge is 0.198 e. The number of nitrogens with zero attached hydrogens (tertiary/aromatic N) is 3. The highest BCUT2D eigenvalue weighted by molar-refractivity contribution is 9.10. The summed E-state index contributed by atoms with van der Waals surface area (Å²) in [6.07, 6.45) is 1.78. The minimum absolute atomic E-state index is 0.626. The van der Waals surface area contributed by atoms with Crippen LogP contribution in [0.2, 0.25) is 0 Å². The molecule has 0 saturated heterocycles. The molecule has 0 bridgehead atoms. The van der Waals surface area contributed by atoms with E-state index in [-0.39, 0.29) is 0 Å². The minimum atomic E-state index is 0.626. The van der Waals surface area contributed by atoms with Crippen LogP contribution in [0.3, 0.4) is 0 Å². The summed E-state index contributed by atoms with van der Waals surface area (Å²) in [5, 5.41) is 0. The fraction of sp³-hybridized carbons (Fsp3) is 0.171. The molecule has 4 nitrogen and oxygen atoms in total. The third kappa shape index (κ3) is 3.27. The summed E-state index contributed by atoms with van der Waals surface area (Å²) in [5.74, 6) is 0. The van der Waals surface area contributed by atoms with E-state index in [1.165, 1.54) is 77.9 Å². The minimum Gasteiger partial charge on any atom is -0.316 e. The van der Waals surface area contributed by atoms with Gasteiger partial charge in [-0.15, -0.1) is 0 Å². The lowest BCUT2D eigenvalue weighted by molar-refractivity contribution is 1.17. The second-order valence-corrected chi connectivity index (χ2v) is 12.0. The Hall–Kier alpha value is -4.09. The van der Waals surface area contributed by atoms with E-state index >= 15 is 0 Å². The molecule has 40 heavy (non-hydrogen) atoms. The van der Waals surface area contributed by atoms with Gasteiger partial charge in [-0.25, -0.2) is 15.0 Å². The number of rotatable bonds is 2. The molecular formula is C35H27BrN4. The first kappa shape index (κ1) is 23.8. The van der Waals surface area contributed by atoms with E-state index in [9.17, 15) is 0 Å². The highest BCUT2D eigenvalue weighted by Gasteiger charge is 2.31. The standard InChI is InChI=1S/C35H27BrN4/c1-17-13-25-23-11-7-5-9-21(23)15-27(25)29(19(17)3)31-32(38-34-33(37-31)39-35(36)40-34)30-20(4)18(2)14-26-24-12-8-6-10-22(24)16-28(26)30/h5-14H,15-16H2,1-4H3,(H,37,38,39,40). The van der Waals surface area contributed by atoms with Crippen LogP contribution in [0.5, 0.6) is 0 Å². The summed E-state index contributed by atoms with van der Waals surface area (Å²) in [6.45, 7) is 8.89. The topological polar surface area (TPSA) is 54.5 Å². The number of aromatic amines is 1. The molecule has 0 radical (unpaired) electrons. The molecule has 1 N–H and O–H groups in total. The second kappa shape index (κ2) is 8.45. The summed E-state index contributed by atoms with van der Waals surface area (Å²) >= 11 is 3.53. The van der Waals surface area contributed by atoms with Crippen molar-refractivity contribution in [2.24, 2.45) is 0 Å². The van der Waals surface area contributed by atoms with Gasteiger partial charge >= 0.3 is 0 Å². The molecule has 194 valence electrons. The molecule has 2 aliphatic carbocycles. The second-order valence-electron chi connectivity index (χ2n) is 11.2. The van der Waals surface area contributed by atoms with E-state index in [1.54, 1.807) is 0 Å². The van der Waals surface area contributed by atoms with Crippen molar-refractivity contribution in [3.8, 4) is 44.8 Å².